The third-order valence-electron chi connectivity index (χ3n) is 10.1. The minimum Gasteiger partial charge on any atom is -0.508 e. The maximum Gasteiger partial charge on any atom is 0.296 e. The highest BCUT2D eigenvalue weighted by molar-refractivity contribution is 6.51. The Hall–Kier alpha value is -6.17. The summed E-state index contributed by atoms with van der Waals surface area (Å²) in [6.45, 7) is 18.4. The minimum absolute atomic E-state index is 0.121. The van der Waals surface area contributed by atoms with E-state index < -0.39 is 46.3 Å². The van der Waals surface area contributed by atoms with Crippen LogP contribution in [0.5, 0.6) is 17.2 Å². The summed E-state index contributed by atoms with van der Waals surface area (Å²) < 4.78 is 54.5. The molecule has 12 heteroatoms. The summed E-state index contributed by atoms with van der Waals surface area (Å²) in [7, 11) is 0. The molecule has 2 amide bonds. The maximum absolute atomic E-state index is 14.9. The molecular formula is C46H46F4N2O6. The lowest BCUT2D eigenvalue weighted by atomic mass is 9.67. The molecule has 0 bridgehead atoms. The summed E-state index contributed by atoms with van der Waals surface area (Å²) >= 11 is 0. The molecule has 0 saturated carbocycles. The fourth-order valence-electron chi connectivity index (χ4n) is 6.72. The Balaban J connectivity index is 0.000000216. The van der Waals surface area contributed by atoms with Crippen LogP contribution >= 0.6 is 0 Å². The SMILES string of the molecule is CC(C)(C)c1ccc(O)c(C2(c3cc(C(C)(C)C)ccc3O)C(=O)Nc3c2ccc(F)c3F)c1.CC(C)(C)c1ccc(O)cc1.O=C1Nc2c(ccc(F)c2F)C1=O. The summed E-state index contributed by atoms with van der Waals surface area (Å²) in [5.74, 6) is -7.09. The number of halogens is 4. The lowest BCUT2D eigenvalue weighted by molar-refractivity contribution is -0.118. The predicted octanol–water partition coefficient (Wildman–Crippen LogP) is 10.0. The molecule has 0 spiro atoms. The summed E-state index contributed by atoms with van der Waals surface area (Å²) in [6, 6.07) is 21.4. The van der Waals surface area contributed by atoms with Gasteiger partial charge in [-0.25, -0.2) is 17.6 Å². The second kappa shape index (κ2) is 15.3. The first kappa shape index (κ1) is 43.0. The highest BCUT2D eigenvalue weighted by atomic mass is 19.2. The van der Waals surface area contributed by atoms with Gasteiger partial charge in [0, 0.05) is 16.7 Å². The number of hydrogen-bond donors (Lipinski definition) is 5. The second-order valence-corrected chi connectivity index (χ2v) is 17.3. The number of rotatable bonds is 2. The molecule has 2 aliphatic heterocycles. The van der Waals surface area contributed by atoms with Gasteiger partial charge in [0.15, 0.2) is 23.3 Å². The van der Waals surface area contributed by atoms with Crippen molar-refractivity contribution in [1.29, 1.82) is 0 Å². The standard InChI is InChI=1S/C28H29F2NO3.C10H14O.C8H3F2NO2/c1-26(2,3)15-7-11-21(32)18(13-15)28(19-14-16(27(4,5)6)8-12-22(19)33)17-9-10-20(29)23(30)24(17)31-25(28)34;1-10(2,3)8-4-6-9(11)7-5-8;9-4-2-1-3-6(5(4)10)11-8(13)7(3)12/h7-14,32-33H,1-6H3,(H,31,34);4-7,11H,1-3H3;1-2H,(H,11,12,13). The number of nitrogens with one attached hydrogen (secondary N) is 2. The number of fused-ring (bicyclic) bond motifs is 2. The number of Topliss-reactive ketones (excluding diaryl/α,β-unsaturated/α-hetero) is 1. The highest BCUT2D eigenvalue weighted by Gasteiger charge is 2.54. The molecule has 5 aromatic carbocycles. The van der Waals surface area contributed by atoms with Crippen LogP contribution in [0.15, 0.2) is 84.9 Å². The molecule has 0 fully saturated rings. The van der Waals surface area contributed by atoms with Crippen molar-refractivity contribution in [3.05, 3.63) is 147 Å². The van der Waals surface area contributed by atoms with Gasteiger partial charge >= 0.3 is 0 Å². The number of anilines is 2. The Bertz CT molecular complexity index is 2380. The zero-order chi connectivity index (χ0) is 43.3. The predicted molar refractivity (Wildman–Crippen MR) is 215 cm³/mol. The molecule has 8 nitrogen and oxygen atoms in total. The van der Waals surface area contributed by atoms with Gasteiger partial charge in [0.25, 0.3) is 11.7 Å². The van der Waals surface area contributed by atoms with E-state index in [4.69, 9.17) is 5.11 Å². The number of carbonyl (C=O) groups is 3. The van der Waals surface area contributed by atoms with E-state index in [-0.39, 0.29) is 61.4 Å². The largest absolute Gasteiger partial charge is 0.508 e. The fourth-order valence-corrected chi connectivity index (χ4v) is 6.72. The Kier molecular flexibility index (Phi) is 11.3. The van der Waals surface area contributed by atoms with E-state index in [2.05, 4.69) is 26.1 Å². The summed E-state index contributed by atoms with van der Waals surface area (Å²) in [4.78, 5) is 35.5. The molecule has 0 aliphatic carbocycles. The summed E-state index contributed by atoms with van der Waals surface area (Å²) in [5.41, 5.74) is 0.320. The van der Waals surface area contributed by atoms with E-state index in [0.29, 0.717) is 5.75 Å². The van der Waals surface area contributed by atoms with E-state index >= 15 is 0 Å². The molecular weight excluding hydrogens is 753 g/mol. The van der Waals surface area contributed by atoms with Crippen LogP contribution < -0.4 is 10.6 Å². The van der Waals surface area contributed by atoms with Crippen LogP contribution in [0.25, 0.3) is 0 Å². The van der Waals surface area contributed by atoms with Crippen LogP contribution in [0.3, 0.4) is 0 Å². The molecule has 5 aromatic rings. The number of amides is 2. The van der Waals surface area contributed by atoms with Crippen LogP contribution in [0.2, 0.25) is 0 Å². The number of phenolic OH excluding ortho intramolecular Hbond substituents is 3. The first-order valence-corrected chi connectivity index (χ1v) is 18.4. The van der Waals surface area contributed by atoms with E-state index in [9.17, 15) is 42.2 Å². The first-order valence-electron chi connectivity index (χ1n) is 18.4. The van der Waals surface area contributed by atoms with Crippen molar-refractivity contribution in [1.82, 2.24) is 0 Å². The molecule has 0 atom stereocenters. The number of benzene rings is 5. The van der Waals surface area contributed by atoms with Crippen molar-refractivity contribution in [3.63, 3.8) is 0 Å². The van der Waals surface area contributed by atoms with Crippen molar-refractivity contribution >= 4 is 29.0 Å². The number of phenols is 3. The van der Waals surface area contributed by atoms with E-state index in [1.807, 2.05) is 59.0 Å². The Morgan fingerprint density at radius 1 is 0.500 bits per heavy atom. The summed E-state index contributed by atoms with van der Waals surface area (Å²) in [5, 5.41) is 35.6. The number of ketones is 1. The monoisotopic (exact) mass is 798 g/mol. The molecule has 0 aromatic heterocycles. The quantitative estimate of drug-likeness (QED) is 0.0892. The molecule has 2 heterocycles. The molecule has 0 unspecified atom stereocenters. The van der Waals surface area contributed by atoms with Gasteiger partial charge in [-0.05, 0) is 87.5 Å². The van der Waals surface area contributed by atoms with E-state index in [1.54, 1.807) is 36.4 Å². The molecule has 2 aliphatic rings. The van der Waals surface area contributed by atoms with Gasteiger partial charge < -0.3 is 26.0 Å². The van der Waals surface area contributed by atoms with Gasteiger partial charge in [0.2, 0.25) is 5.91 Å². The number of hydrogen-bond acceptors (Lipinski definition) is 6. The zero-order valence-corrected chi connectivity index (χ0v) is 33.7. The normalized spacial score (nSPS) is 14.3. The van der Waals surface area contributed by atoms with E-state index in [1.165, 1.54) is 23.8 Å². The van der Waals surface area contributed by atoms with Crippen LogP contribution in [0.1, 0.15) is 106 Å². The molecule has 5 N–H and O–H groups in total. The molecule has 7 rings (SSSR count). The van der Waals surface area contributed by atoms with Gasteiger partial charge in [0.05, 0.1) is 16.9 Å². The van der Waals surface area contributed by atoms with E-state index in [0.717, 1.165) is 29.3 Å². The smallest absolute Gasteiger partial charge is 0.296 e. The number of carbonyl (C=O) groups excluding carboxylic acids is 3. The summed E-state index contributed by atoms with van der Waals surface area (Å²) in [6.07, 6.45) is 0. The van der Waals surface area contributed by atoms with Crippen LogP contribution in [-0.2, 0) is 31.2 Å². The molecule has 58 heavy (non-hydrogen) atoms. The van der Waals surface area contributed by atoms with Crippen molar-refractivity contribution in [3.8, 4) is 17.2 Å². The minimum atomic E-state index is -1.81. The lowest BCUT2D eigenvalue weighted by Gasteiger charge is -2.33. The van der Waals surface area contributed by atoms with Crippen molar-refractivity contribution in [2.24, 2.45) is 0 Å². The Labute approximate surface area is 334 Å². The van der Waals surface area contributed by atoms with Crippen LogP contribution in [-0.4, -0.2) is 32.9 Å². The van der Waals surface area contributed by atoms with Crippen molar-refractivity contribution in [2.45, 2.75) is 84.0 Å². The average molecular weight is 799 g/mol. The van der Waals surface area contributed by atoms with Gasteiger partial charge in [0.1, 0.15) is 22.7 Å². The third-order valence-corrected chi connectivity index (χ3v) is 10.1. The van der Waals surface area contributed by atoms with Crippen LogP contribution in [0, 0.1) is 23.3 Å². The lowest BCUT2D eigenvalue weighted by Crippen LogP contribution is -2.38. The third kappa shape index (κ3) is 8.00. The van der Waals surface area contributed by atoms with Crippen molar-refractivity contribution < 1.29 is 47.3 Å². The highest BCUT2D eigenvalue weighted by Crippen LogP contribution is 2.54. The van der Waals surface area contributed by atoms with Gasteiger partial charge in [-0.3, -0.25) is 14.4 Å². The molecule has 304 valence electrons. The Morgan fingerprint density at radius 2 is 0.931 bits per heavy atom. The first-order chi connectivity index (χ1) is 26.8. The fraction of sp³-hybridized carbons (Fsp3) is 0.283. The van der Waals surface area contributed by atoms with Gasteiger partial charge in [-0.2, -0.15) is 0 Å². The Morgan fingerprint density at radius 3 is 1.40 bits per heavy atom. The second-order valence-electron chi connectivity index (χ2n) is 17.3. The molecule has 0 saturated heterocycles. The van der Waals surface area contributed by atoms with Gasteiger partial charge in [-0.1, -0.05) is 92.6 Å². The average Bonchev–Trinajstić information content (AvgIpc) is 3.60. The van der Waals surface area contributed by atoms with Crippen LogP contribution in [0.4, 0.5) is 28.9 Å². The van der Waals surface area contributed by atoms with Gasteiger partial charge in [-0.15, -0.1) is 0 Å². The zero-order valence-electron chi connectivity index (χ0n) is 33.7. The topological polar surface area (TPSA) is 136 Å². The number of aromatic hydroxyl groups is 3. The molecule has 0 radical (unpaired) electrons. The van der Waals surface area contributed by atoms with Crippen molar-refractivity contribution in [2.75, 3.05) is 10.6 Å². The maximum atomic E-state index is 14.9.